The van der Waals surface area contributed by atoms with Gasteiger partial charge in [-0.25, -0.2) is 17.8 Å². The van der Waals surface area contributed by atoms with Crippen LogP contribution >= 0.6 is 24.0 Å². The maximum absolute atomic E-state index is 13.7. The lowest BCUT2D eigenvalue weighted by molar-refractivity contribution is 0.315. The summed E-state index contributed by atoms with van der Waals surface area (Å²) < 4.78 is 37.0. The number of rotatable bonds is 7. The SMILES string of the molecule is CCNC(=NCc1cc(F)ccc1CS(C)(=O)=O)NC1CC1C1CCCCC1.I. The molecule has 8 heteroatoms. The van der Waals surface area contributed by atoms with E-state index in [0.717, 1.165) is 24.3 Å². The molecule has 2 aliphatic rings. The summed E-state index contributed by atoms with van der Waals surface area (Å²) in [6.07, 6.45) is 9.13. The van der Waals surface area contributed by atoms with Crippen molar-refractivity contribution in [3.05, 3.63) is 35.1 Å². The second-order valence-corrected chi connectivity index (χ2v) is 10.4. The van der Waals surface area contributed by atoms with Crippen LogP contribution in [0.3, 0.4) is 0 Å². The predicted octanol–water partition coefficient (Wildman–Crippen LogP) is 4.01. The highest BCUT2D eigenvalue weighted by Crippen LogP contribution is 2.44. The lowest BCUT2D eigenvalue weighted by Crippen LogP contribution is -2.39. The van der Waals surface area contributed by atoms with Crippen molar-refractivity contribution in [1.82, 2.24) is 10.6 Å². The Kier molecular flexibility index (Phi) is 9.18. The van der Waals surface area contributed by atoms with E-state index in [-0.39, 0.29) is 42.1 Å². The Bertz CT molecular complexity index is 810. The Labute approximate surface area is 191 Å². The number of benzene rings is 1. The molecular formula is C21H33FIN3O2S. The number of sulfone groups is 1. The summed E-state index contributed by atoms with van der Waals surface area (Å²) in [4.78, 5) is 4.61. The van der Waals surface area contributed by atoms with Gasteiger partial charge in [-0.1, -0.05) is 38.2 Å². The smallest absolute Gasteiger partial charge is 0.191 e. The van der Waals surface area contributed by atoms with Crippen LogP contribution in [0.15, 0.2) is 23.2 Å². The number of nitrogens with one attached hydrogen (secondary N) is 2. The first-order chi connectivity index (χ1) is 13.4. The first-order valence-corrected chi connectivity index (χ1v) is 12.4. The molecule has 3 rings (SSSR count). The van der Waals surface area contributed by atoms with Crippen molar-refractivity contribution in [3.8, 4) is 0 Å². The Morgan fingerprint density at radius 2 is 1.93 bits per heavy atom. The summed E-state index contributed by atoms with van der Waals surface area (Å²) in [5, 5.41) is 6.78. The van der Waals surface area contributed by atoms with E-state index in [0.29, 0.717) is 17.2 Å². The number of aliphatic imine (C=N–C) groups is 1. The van der Waals surface area contributed by atoms with Gasteiger partial charge in [-0.2, -0.15) is 0 Å². The van der Waals surface area contributed by atoms with Crippen molar-refractivity contribution in [2.75, 3.05) is 12.8 Å². The molecule has 2 unspecified atom stereocenters. The summed E-state index contributed by atoms with van der Waals surface area (Å²) in [5.41, 5.74) is 1.22. The molecule has 0 aromatic heterocycles. The van der Waals surface area contributed by atoms with Crippen LogP contribution in [0.4, 0.5) is 4.39 Å². The molecule has 2 saturated carbocycles. The van der Waals surface area contributed by atoms with Gasteiger partial charge in [-0.3, -0.25) is 0 Å². The van der Waals surface area contributed by atoms with Gasteiger partial charge >= 0.3 is 0 Å². The maximum atomic E-state index is 13.7. The van der Waals surface area contributed by atoms with E-state index in [1.807, 2.05) is 6.92 Å². The van der Waals surface area contributed by atoms with E-state index in [1.165, 1.54) is 56.9 Å². The molecule has 0 spiro atoms. The molecule has 1 aromatic rings. The molecule has 0 aliphatic heterocycles. The van der Waals surface area contributed by atoms with Crippen LogP contribution in [-0.4, -0.2) is 33.2 Å². The van der Waals surface area contributed by atoms with Crippen LogP contribution in [-0.2, 0) is 22.1 Å². The third kappa shape index (κ3) is 7.70. The van der Waals surface area contributed by atoms with E-state index >= 15 is 0 Å². The summed E-state index contributed by atoms with van der Waals surface area (Å²) in [5.74, 6) is 1.81. The summed E-state index contributed by atoms with van der Waals surface area (Å²) in [7, 11) is -3.19. The monoisotopic (exact) mass is 537 g/mol. The molecule has 164 valence electrons. The fourth-order valence-electron chi connectivity index (χ4n) is 4.29. The fourth-order valence-corrected chi connectivity index (χ4v) is 5.14. The second-order valence-electron chi connectivity index (χ2n) is 8.23. The zero-order chi connectivity index (χ0) is 20.1. The normalized spacial score (nSPS) is 22.7. The Morgan fingerprint density at radius 3 is 2.59 bits per heavy atom. The molecule has 2 atom stereocenters. The molecule has 0 amide bonds. The van der Waals surface area contributed by atoms with E-state index in [2.05, 4.69) is 15.6 Å². The van der Waals surface area contributed by atoms with Crippen molar-refractivity contribution in [1.29, 1.82) is 0 Å². The maximum Gasteiger partial charge on any atom is 0.191 e. The van der Waals surface area contributed by atoms with Crippen molar-refractivity contribution in [2.24, 2.45) is 16.8 Å². The summed E-state index contributed by atoms with van der Waals surface area (Å²) in [6.45, 7) is 3.00. The van der Waals surface area contributed by atoms with E-state index in [9.17, 15) is 12.8 Å². The van der Waals surface area contributed by atoms with Crippen molar-refractivity contribution >= 4 is 39.8 Å². The van der Waals surface area contributed by atoms with Gasteiger partial charge < -0.3 is 10.6 Å². The van der Waals surface area contributed by atoms with Crippen LogP contribution < -0.4 is 10.6 Å². The Hall–Kier alpha value is -0.900. The molecule has 29 heavy (non-hydrogen) atoms. The molecule has 1 aromatic carbocycles. The summed E-state index contributed by atoms with van der Waals surface area (Å²) in [6, 6.07) is 4.69. The van der Waals surface area contributed by atoms with Crippen LogP contribution in [0.2, 0.25) is 0 Å². The van der Waals surface area contributed by atoms with Gasteiger partial charge in [-0.05, 0) is 48.4 Å². The third-order valence-corrected chi connectivity index (χ3v) is 6.59. The molecule has 0 bridgehead atoms. The predicted molar refractivity (Wildman–Crippen MR) is 127 cm³/mol. The van der Waals surface area contributed by atoms with Gasteiger partial charge in [-0.15, -0.1) is 24.0 Å². The molecule has 2 aliphatic carbocycles. The quantitative estimate of drug-likeness (QED) is 0.313. The Balaban J connectivity index is 0.00000300. The van der Waals surface area contributed by atoms with Gasteiger partial charge in [0.1, 0.15) is 5.82 Å². The van der Waals surface area contributed by atoms with E-state index < -0.39 is 9.84 Å². The number of nitrogens with zero attached hydrogens (tertiary/aromatic N) is 1. The van der Waals surface area contributed by atoms with Gasteiger partial charge in [0.05, 0.1) is 12.3 Å². The van der Waals surface area contributed by atoms with Gasteiger partial charge in [0.2, 0.25) is 0 Å². The van der Waals surface area contributed by atoms with Crippen LogP contribution in [0.25, 0.3) is 0 Å². The minimum absolute atomic E-state index is 0. The molecule has 0 saturated heterocycles. The first kappa shape index (κ1) is 24.4. The van der Waals surface area contributed by atoms with E-state index in [4.69, 9.17) is 0 Å². The average Bonchev–Trinajstić information content (AvgIpc) is 3.41. The molecule has 0 radical (unpaired) electrons. The third-order valence-electron chi connectivity index (χ3n) is 5.75. The molecular weight excluding hydrogens is 504 g/mol. The lowest BCUT2D eigenvalue weighted by Gasteiger charge is -2.22. The van der Waals surface area contributed by atoms with Crippen molar-refractivity contribution in [2.45, 2.75) is 63.8 Å². The number of hydrogen-bond acceptors (Lipinski definition) is 3. The lowest BCUT2D eigenvalue weighted by atomic mass is 9.85. The average molecular weight is 537 g/mol. The van der Waals surface area contributed by atoms with Crippen molar-refractivity contribution < 1.29 is 12.8 Å². The van der Waals surface area contributed by atoms with Gasteiger partial charge in [0, 0.05) is 18.8 Å². The van der Waals surface area contributed by atoms with E-state index in [1.54, 1.807) is 6.07 Å². The summed E-state index contributed by atoms with van der Waals surface area (Å²) >= 11 is 0. The van der Waals surface area contributed by atoms with Crippen molar-refractivity contribution in [3.63, 3.8) is 0 Å². The van der Waals surface area contributed by atoms with Gasteiger partial charge in [0.25, 0.3) is 0 Å². The molecule has 2 N–H and O–H groups in total. The fraction of sp³-hybridized carbons (Fsp3) is 0.667. The highest BCUT2D eigenvalue weighted by atomic mass is 127. The van der Waals surface area contributed by atoms with Gasteiger partial charge in [0.15, 0.2) is 15.8 Å². The highest BCUT2D eigenvalue weighted by Gasteiger charge is 2.43. The molecule has 5 nitrogen and oxygen atoms in total. The zero-order valence-electron chi connectivity index (χ0n) is 17.3. The molecule has 0 heterocycles. The highest BCUT2D eigenvalue weighted by molar-refractivity contribution is 14.0. The minimum atomic E-state index is -3.19. The van der Waals surface area contributed by atoms with Crippen LogP contribution in [0.5, 0.6) is 0 Å². The second kappa shape index (κ2) is 10.9. The standard InChI is InChI=1S/C21H32FN3O2S.HI/c1-3-23-21(25-20-12-19(20)15-7-5-4-6-8-15)24-13-17-11-18(22)10-9-16(17)14-28(2,26)27;/h9-11,15,19-20H,3-8,12-14H2,1-2H3,(H2,23,24,25);1H. The number of guanidine groups is 1. The zero-order valence-corrected chi connectivity index (χ0v) is 20.4. The number of halogens is 2. The van der Waals surface area contributed by atoms with Crippen LogP contribution in [0, 0.1) is 17.7 Å². The largest absolute Gasteiger partial charge is 0.357 e. The first-order valence-electron chi connectivity index (χ1n) is 10.4. The Morgan fingerprint density at radius 1 is 1.21 bits per heavy atom. The topological polar surface area (TPSA) is 70.6 Å². The molecule has 2 fully saturated rings. The minimum Gasteiger partial charge on any atom is -0.357 e. The number of hydrogen-bond donors (Lipinski definition) is 2. The van der Waals surface area contributed by atoms with Crippen LogP contribution in [0.1, 0.15) is 56.6 Å².